The highest BCUT2D eigenvalue weighted by atomic mass is 16.3. The lowest BCUT2D eigenvalue weighted by Gasteiger charge is -2.17. The van der Waals surface area contributed by atoms with Gasteiger partial charge in [0.25, 0.3) is 0 Å². The van der Waals surface area contributed by atoms with Gasteiger partial charge in [-0.1, -0.05) is 196 Å². The number of hydrogen-bond acceptors (Lipinski definition) is 2. The molecule has 0 aliphatic rings. The number of aromatic nitrogens is 1. The minimum atomic E-state index is 0.145. The van der Waals surface area contributed by atoms with Gasteiger partial charge in [0.05, 0.1) is 28.1 Å². The molecular weight excluding hydrogens is 803 g/mol. The largest absolute Gasteiger partial charge is 0.456 e. The second kappa shape index (κ2) is 16.3. The zero-order valence-electron chi connectivity index (χ0n) is 36.8. The zero-order chi connectivity index (χ0) is 44.1. The fraction of sp³-hybridized carbons (Fsp3) is 0.0645. The van der Waals surface area contributed by atoms with E-state index in [1.165, 1.54) is 43.4 Å². The number of nitrogens with zero attached hydrogens (tertiary/aromatic N) is 3. The summed E-state index contributed by atoms with van der Waals surface area (Å²) >= 11 is 0. The monoisotopic (exact) mass is 847 g/mol. The number of rotatable bonds is 8. The van der Waals surface area contributed by atoms with E-state index in [1.54, 1.807) is 0 Å². The van der Waals surface area contributed by atoms with Crippen molar-refractivity contribution in [3.63, 3.8) is 0 Å². The highest BCUT2D eigenvalue weighted by molar-refractivity contribution is 6.22. The van der Waals surface area contributed by atoms with Crippen LogP contribution in [0.15, 0.2) is 233 Å². The third-order valence-electron chi connectivity index (χ3n) is 13.3. The number of hydrogen-bond donors (Lipinski definition) is 0. The summed E-state index contributed by atoms with van der Waals surface area (Å²) in [5, 5.41) is 9.13. The molecule has 1 unspecified atom stereocenters. The second-order valence-corrected chi connectivity index (χ2v) is 17.3. The van der Waals surface area contributed by atoms with Gasteiger partial charge in [0.2, 0.25) is 0 Å². The van der Waals surface area contributed by atoms with Gasteiger partial charge in [0.1, 0.15) is 11.2 Å². The topological polar surface area (TPSA) is 42.8 Å². The van der Waals surface area contributed by atoms with E-state index in [1.807, 2.05) is 12.1 Å². The van der Waals surface area contributed by atoms with Crippen LogP contribution in [0.3, 0.4) is 0 Å². The van der Waals surface area contributed by atoms with Crippen molar-refractivity contribution in [3.8, 4) is 27.9 Å². The minimum Gasteiger partial charge on any atom is -0.456 e. The van der Waals surface area contributed by atoms with Crippen LogP contribution in [-0.2, 0) is 0 Å². The van der Waals surface area contributed by atoms with Crippen LogP contribution in [0.1, 0.15) is 31.4 Å². The standard InChI is InChI=1S/C62H45N3O/c1-3-40(2)60(45-31-29-43(30-32-45)41-17-6-4-7-18-41)64-62(49-25-16-24-46(35-49)42-19-8-5-9-20-42)63-55-38-54-51-27-14-15-28-58(51)66-59(54)39-57(55)65-56-37-48-23-11-10-22-47(48)36-53(56)52-34-33-44-21-12-13-26-50(44)61(52)65/h4-40H,3H2,1-2H3/b63-62-,64-60+. The lowest BCUT2D eigenvalue weighted by atomic mass is 9.94. The summed E-state index contributed by atoms with van der Waals surface area (Å²) in [5.74, 6) is 0.784. The summed E-state index contributed by atoms with van der Waals surface area (Å²) < 4.78 is 9.12. The van der Waals surface area contributed by atoms with Gasteiger partial charge in [-0.15, -0.1) is 0 Å². The summed E-state index contributed by atoms with van der Waals surface area (Å²) in [6.45, 7) is 4.50. The Morgan fingerprint density at radius 3 is 1.86 bits per heavy atom. The predicted octanol–water partition coefficient (Wildman–Crippen LogP) is 16.9. The molecule has 0 spiro atoms. The third-order valence-corrected chi connectivity index (χ3v) is 13.3. The van der Waals surface area contributed by atoms with Gasteiger partial charge in [-0.3, -0.25) is 0 Å². The maximum Gasteiger partial charge on any atom is 0.160 e. The molecule has 0 saturated carbocycles. The molecule has 66 heavy (non-hydrogen) atoms. The molecule has 0 N–H and O–H groups in total. The molecule has 1 atom stereocenters. The Labute approximate surface area is 383 Å². The van der Waals surface area contributed by atoms with E-state index < -0.39 is 0 Å². The molecule has 10 aromatic carbocycles. The van der Waals surface area contributed by atoms with Crippen molar-refractivity contribution in [1.29, 1.82) is 0 Å². The quantitative estimate of drug-likeness (QED) is 0.111. The lowest BCUT2D eigenvalue weighted by Crippen LogP contribution is -2.15. The number of furan rings is 1. The summed E-state index contributed by atoms with van der Waals surface area (Å²) in [4.78, 5) is 11.5. The van der Waals surface area contributed by atoms with Crippen LogP contribution in [-0.4, -0.2) is 16.1 Å². The van der Waals surface area contributed by atoms with E-state index in [9.17, 15) is 0 Å². The minimum absolute atomic E-state index is 0.145. The fourth-order valence-corrected chi connectivity index (χ4v) is 9.70. The molecule has 314 valence electrons. The van der Waals surface area contributed by atoms with Crippen LogP contribution in [0.2, 0.25) is 0 Å². The summed E-state index contributed by atoms with van der Waals surface area (Å²) in [6, 6.07) is 77.8. The summed E-state index contributed by atoms with van der Waals surface area (Å²) in [7, 11) is 0. The summed E-state index contributed by atoms with van der Waals surface area (Å²) in [5.41, 5.74) is 13.2. The first-order chi connectivity index (χ1) is 32.6. The van der Waals surface area contributed by atoms with Crippen molar-refractivity contribution in [2.45, 2.75) is 20.3 Å². The van der Waals surface area contributed by atoms with Crippen molar-refractivity contribution in [2.24, 2.45) is 15.9 Å². The van der Waals surface area contributed by atoms with Crippen LogP contribution in [0.25, 0.3) is 93.2 Å². The molecule has 0 bridgehead atoms. The maximum atomic E-state index is 6.70. The number of para-hydroxylation sites is 1. The molecule has 0 fully saturated rings. The van der Waals surface area contributed by atoms with E-state index in [4.69, 9.17) is 14.4 Å². The molecule has 0 radical (unpaired) electrons. The van der Waals surface area contributed by atoms with Crippen LogP contribution >= 0.6 is 0 Å². The van der Waals surface area contributed by atoms with Gasteiger partial charge in [0.15, 0.2) is 5.84 Å². The SMILES string of the molecule is CCC(C)/C(=N\C(=N/c1cc2c(cc1-n1c3cc4ccccc4cc3c3ccc4ccccc4c31)oc1ccccc12)c1cccc(-c2ccccc2)c1)c1ccc(-c2ccccc2)cc1. The van der Waals surface area contributed by atoms with Gasteiger partial charge in [-0.25, -0.2) is 9.98 Å². The molecule has 0 saturated heterocycles. The smallest absolute Gasteiger partial charge is 0.160 e. The van der Waals surface area contributed by atoms with E-state index >= 15 is 0 Å². The molecule has 0 amide bonds. The molecule has 4 heteroatoms. The molecule has 2 heterocycles. The Kier molecular flexibility index (Phi) is 9.72. The van der Waals surface area contributed by atoms with Crippen molar-refractivity contribution in [2.75, 3.05) is 0 Å². The van der Waals surface area contributed by atoms with Gasteiger partial charge in [0, 0.05) is 38.6 Å². The Morgan fingerprint density at radius 2 is 1.11 bits per heavy atom. The number of benzene rings is 10. The van der Waals surface area contributed by atoms with Crippen molar-refractivity contribution >= 4 is 82.5 Å². The van der Waals surface area contributed by atoms with E-state index in [0.717, 1.165) is 78.7 Å². The van der Waals surface area contributed by atoms with Crippen LogP contribution in [0, 0.1) is 5.92 Å². The van der Waals surface area contributed by atoms with Gasteiger partial charge in [-0.2, -0.15) is 0 Å². The van der Waals surface area contributed by atoms with E-state index in [-0.39, 0.29) is 5.92 Å². The zero-order valence-corrected chi connectivity index (χ0v) is 36.8. The second-order valence-electron chi connectivity index (χ2n) is 17.3. The highest BCUT2D eigenvalue weighted by Gasteiger charge is 2.22. The first kappa shape index (κ1) is 39.3. The fourth-order valence-electron chi connectivity index (χ4n) is 9.70. The van der Waals surface area contributed by atoms with E-state index in [0.29, 0.717) is 5.84 Å². The molecule has 12 rings (SSSR count). The molecule has 0 aliphatic carbocycles. The molecule has 12 aromatic rings. The van der Waals surface area contributed by atoms with Gasteiger partial charge < -0.3 is 8.98 Å². The first-order valence-corrected chi connectivity index (χ1v) is 22.9. The number of fused-ring (bicyclic) bond motifs is 9. The molecule has 0 aliphatic heterocycles. The average Bonchev–Trinajstić information content (AvgIpc) is 3.91. The van der Waals surface area contributed by atoms with Crippen LogP contribution in [0.5, 0.6) is 0 Å². The number of aliphatic imine (C=N–C) groups is 2. The normalized spacial score (nSPS) is 12.9. The predicted molar refractivity (Wildman–Crippen MR) is 279 cm³/mol. The van der Waals surface area contributed by atoms with Crippen LogP contribution in [0.4, 0.5) is 5.69 Å². The molecule has 2 aromatic heterocycles. The lowest BCUT2D eigenvalue weighted by molar-refractivity contribution is 0.668. The molecular formula is C62H45N3O. The summed E-state index contributed by atoms with van der Waals surface area (Å²) in [6.07, 6.45) is 0.914. The van der Waals surface area contributed by atoms with Gasteiger partial charge >= 0.3 is 0 Å². The maximum absolute atomic E-state index is 6.70. The Hall–Kier alpha value is -8.34. The van der Waals surface area contributed by atoms with Crippen molar-refractivity contribution in [3.05, 3.63) is 230 Å². The Morgan fingerprint density at radius 1 is 0.470 bits per heavy atom. The van der Waals surface area contributed by atoms with Crippen molar-refractivity contribution < 1.29 is 4.42 Å². The Bertz CT molecular complexity index is 3860. The number of amidine groups is 1. The third kappa shape index (κ3) is 6.86. The van der Waals surface area contributed by atoms with Crippen LogP contribution < -0.4 is 0 Å². The van der Waals surface area contributed by atoms with Gasteiger partial charge in [-0.05, 0) is 86.6 Å². The highest BCUT2D eigenvalue weighted by Crippen LogP contribution is 2.43. The van der Waals surface area contributed by atoms with Crippen molar-refractivity contribution in [1.82, 2.24) is 4.57 Å². The molecule has 4 nitrogen and oxygen atoms in total. The first-order valence-electron chi connectivity index (χ1n) is 22.9. The Balaban J connectivity index is 1.18. The van der Waals surface area contributed by atoms with E-state index in [2.05, 4.69) is 225 Å². The average molecular weight is 848 g/mol.